The largest absolute Gasteiger partial charge is 0.478 e. The highest BCUT2D eigenvalue weighted by molar-refractivity contribution is 5.94. The molecule has 1 aliphatic heterocycles. The van der Waals surface area contributed by atoms with Gasteiger partial charge in [-0.2, -0.15) is 0 Å². The lowest BCUT2D eigenvalue weighted by molar-refractivity contribution is 0.0698. The molecule has 0 spiro atoms. The van der Waals surface area contributed by atoms with Gasteiger partial charge in [-0.05, 0) is 56.7 Å². The number of pyridine rings is 2. The Balaban J connectivity index is 1.50. The minimum atomic E-state index is -0.998. The fourth-order valence-corrected chi connectivity index (χ4v) is 4.95. The standard InChI is InChI=1S/C28H30N6O3/c1-18-16-23(20(3)30-24-7-5-4-6-22(24)28(36)37)26-31-25(19(2)27(35)34(26)17-18)33-14-12-32(13-15-33)21-8-10-29-11-9-21/h4-11,16-17,20,30H,12-15H2,1-3H3,(H,36,37)/t20-/m1/s1. The third kappa shape index (κ3) is 4.72. The summed E-state index contributed by atoms with van der Waals surface area (Å²) in [6.07, 6.45) is 5.40. The van der Waals surface area contributed by atoms with Gasteiger partial charge in [0.15, 0.2) is 0 Å². The molecule has 3 aromatic heterocycles. The van der Waals surface area contributed by atoms with E-state index in [9.17, 15) is 14.7 Å². The topological polar surface area (TPSA) is 103 Å². The van der Waals surface area contributed by atoms with E-state index in [1.807, 2.05) is 45.2 Å². The van der Waals surface area contributed by atoms with Crippen molar-refractivity contribution in [3.63, 3.8) is 0 Å². The summed E-state index contributed by atoms with van der Waals surface area (Å²) >= 11 is 0. The van der Waals surface area contributed by atoms with Gasteiger partial charge >= 0.3 is 5.97 Å². The smallest absolute Gasteiger partial charge is 0.337 e. The number of nitrogens with zero attached hydrogens (tertiary/aromatic N) is 5. The number of rotatable bonds is 6. The molecule has 0 amide bonds. The van der Waals surface area contributed by atoms with Gasteiger partial charge in [0.05, 0.1) is 17.2 Å². The molecule has 1 atom stereocenters. The Hall–Kier alpha value is -4.40. The van der Waals surface area contributed by atoms with E-state index in [-0.39, 0.29) is 17.2 Å². The predicted octanol–water partition coefficient (Wildman–Crippen LogP) is 3.90. The number of carbonyl (C=O) groups is 1. The number of anilines is 3. The number of piperazine rings is 1. The normalized spacial score (nSPS) is 14.6. The summed E-state index contributed by atoms with van der Waals surface area (Å²) in [4.78, 5) is 38.8. The molecule has 37 heavy (non-hydrogen) atoms. The van der Waals surface area contributed by atoms with Gasteiger partial charge in [-0.15, -0.1) is 0 Å². The first-order valence-corrected chi connectivity index (χ1v) is 12.4. The van der Waals surface area contributed by atoms with Crippen LogP contribution in [0.25, 0.3) is 5.65 Å². The molecule has 0 unspecified atom stereocenters. The van der Waals surface area contributed by atoms with Gasteiger partial charge in [-0.1, -0.05) is 12.1 Å². The highest BCUT2D eigenvalue weighted by Gasteiger charge is 2.24. The van der Waals surface area contributed by atoms with E-state index in [2.05, 4.69) is 20.1 Å². The number of fused-ring (bicyclic) bond motifs is 1. The molecule has 0 bridgehead atoms. The highest BCUT2D eigenvalue weighted by Crippen LogP contribution is 2.27. The zero-order chi connectivity index (χ0) is 26.1. The average molecular weight is 499 g/mol. The van der Waals surface area contributed by atoms with Crippen LogP contribution in [0.4, 0.5) is 17.2 Å². The molecule has 5 rings (SSSR count). The lowest BCUT2D eigenvalue weighted by Crippen LogP contribution is -2.47. The number of hydrogen-bond donors (Lipinski definition) is 2. The maximum Gasteiger partial charge on any atom is 0.337 e. The number of para-hydroxylation sites is 1. The van der Waals surface area contributed by atoms with Crippen LogP contribution >= 0.6 is 0 Å². The van der Waals surface area contributed by atoms with Crippen LogP contribution in [0, 0.1) is 13.8 Å². The van der Waals surface area contributed by atoms with Crippen molar-refractivity contribution in [2.75, 3.05) is 41.3 Å². The summed E-state index contributed by atoms with van der Waals surface area (Å²) in [6.45, 7) is 8.84. The first-order chi connectivity index (χ1) is 17.8. The number of benzene rings is 1. The lowest BCUT2D eigenvalue weighted by Gasteiger charge is -2.37. The number of hydrogen-bond acceptors (Lipinski definition) is 7. The fourth-order valence-electron chi connectivity index (χ4n) is 4.95. The van der Waals surface area contributed by atoms with E-state index in [0.717, 1.165) is 43.0 Å². The summed E-state index contributed by atoms with van der Waals surface area (Å²) in [5.41, 5.74) is 4.68. The molecule has 190 valence electrons. The van der Waals surface area contributed by atoms with E-state index in [4.69, 9.17) is 4.98 Å². The van der Waals surface area contributed by atoms with E-state index in [1.54, 1.807) is 41.1 Å². The van der Waals surface area contributed by atoms with Crippen LogP contribution in [0.2, 0.25) is 0 Å². The van der Waals surface area contributed by atoms with Gasteiger partial charge in [0.25, 0.3) is 5.56 Å². The average Bonchev–Trinajstić information content (AvgIpc) is 2.91. The lowest BCUT2D eigenvalue weighted by atomic mass is 10.1. The zero-order valence-electron chi connectivity index (χ0n) is 21.2. The van der Waals surface area contributed by atoms with Crippen LogP contribution < -0.4 is 20.7 Å². The van der Waals surface area contributed by atoms with Gasteiger partial charge in [0.2, 0.25) is 0 Å². The van der Waals surface area contributed by atoms with Crippen molar-refractivity contribution < 1.29 is 9.90 Å². The summed E-state index contributed by atoms with van der Waals surface area (Å²) in [5, 5.41) is 12.9. The number of carboxylic acid groups (broad SMARTS) is 1. The van der Waals surface area contributed by atoms with Crippen LogP contribution in [0.3, 0.4) is 0 Å². The number of aromatic carboxylic acids is 1. The predicted molar refractivity (Wildman–Crippen MR) is 145 cm³/mol. The third-order valence-electron chi connectivity index (χ3n) is 6.89. The van der Waals surface area contributed by atoms with Crippen molar-refractivity contribution in [1.82, 2.24) is 14.4 Å². The van der Waals surface area contributed by atoms with Crippen molar-refractivity contribution in [3.05, 3.63) is 93.7 Å². The molecule has 1 aromatic carbocycles. The van der Waals surface area contributed by atoms with Gasteiger partial charge < -0.3 is 20.2 Å². The molecule has 9 heteroatoms. The Bertz CT molecular complexity index is 1510. The Kier molecular flexibility index (Phi) is 6.52. The second-order valence-corrected chi connectivity index (χ2v) is 9.43. The number of carboxylic acids is 1. The fraction of sp³-hybridized carbons (Fsp3) is 0.286. The number of aryl methyl sites for hydroxylation is 1. The third-order valence-corrected chi connectivity index (χ3v) is 6.89. The Labute approximate surface area is 215 Å². The molecule has 4 heterocycles. The highest BCUT2D eigenvalue weighted by atomic mass is 16.4. The Morgan fingerprint density at radius 2 is 1.70 bits per heavy atom. The molecule has 2 N–H and O–H groups in total. The SMILES string of the molecule is Cc1cc([C@@H](C)Nc2ccccc2C(=O)O)c2nc(N3CCN(c4ccncc4)CC3)c(C)c(=O)n2c1. The molecule has 9 nitrogen and oxygen atoms in total. The minimum absolute atomic E-state index is 0.0975. The molecular formula is C28H30N6O3. The maximum absolute atomic E-state index is 13.5. The summed E-state index contributed by atoms with van der Waals surface area (Å²) in [5.74, 6) is -0.301. The van der Waals surface area contributed by atoms with Gasteiger partial charge in [0, 0.05) is 61.7 Å². The molecular weight excluding hydrogens is 468 g/mol. The van der Waals surface area contributed by atoms with Crippen LogP contribution in [0.1, 0.15) is 40.0 Å². The first-order valence-electron chi connectivity index (χ1n) is 12.4. The molecule has 0 saturated carbocycles. The second-order valence-electron chi connectivity index (χ2n) is 9.43. The van der Waals surface area contributed by atoms with Crippen molar-refractivity contribution in [3.8, 4) is 0 Å². The maximum atomic E-state index is 13.5. The number of aromatic nitrogens is 3. The van der Waals surface area contributed by atoms with Crippen molar-refractivity contribution >= 4 is 28.8 Å². The molecule has 1 aliphatic rings. The molecule has 4 aromatic rings. The molecule has 1 saturated heterocycles. The first kappa shape index (κ1) is 24.3. The van der Waals surface area contributed by atoms with Crippen LogP contribution in [0.5, 0.6) is 0 Å². The Morgan fingerprint density at radius 3 is 2.41 bits per heavy atom. The Morgan fingerprint density at radius 1 is 1.03 bits per heavy atom. The minimum Gasteiger partial charge on any atom is -0.478 e. The molecule has 1 fully saturated rings. The van der Waals surface area contributed by atoms with Crippen molar-refractivity contribution in [2.45, 2.75) is 26.8 Å². The van der Waals surface area contributed by atoms with E-state index in [0.29, 0.717) is 22.7 Å². The molecule has 0 radical (unpaired) electrons. The summed E-state index contributed by atoms with van der Waals surface area (Å²) in [7, 11) is 0. The quantitative estimate of drug-likeness (QED) is 0.413. The molecule has 0 aliphatic carbocycles. The zero-order valence-corrected chi connectivity index (χ0v) is 21.2. The van der Waals surface area contributed by atoms with E-state index in [1.165, 1.54) is 0 Å². The van der Waals surface area contributed by atoms with Gasteiger partial charge in [0.1, 0.15) is 11.5 Å². The van der Waals surface area contributed by atoms with Gasteiger partial charge in [-0.25, -0.2) is 9.78 Å². The van der Waals surface area contributed by atoms with Crippen molar-refractivity contribution in [1.29, 1.82) is 0 Å². The second kappa shape index (κ2) is 9.93. The summed E-state index contributed by atoms with van der Waals surface area (Å²) in [6, 6.07) is 12.5. The number of nitrogens with one attached hydrogen (secondary N) is 1. The van der Waals surface area contributed by atoms with E-state index >= 15 is 0 Å². The van der Waals surface area contributed by atoms with Crippen LogP contribution in [-0.4, -0.2) is 51.6 Å². The van der Waals surface area contributed by atoms with E-state index < -0.39 is 5.97 Å². The van der Waals surface area contributed by atoms with Crippen molar-refractivity contribution in [2.24, 2.45) is 0 Å². The van der Waals surface area contributed by atoms with Crippen LogP contribution in [-0.2, 0) is 0 Å². The van der Waals surface area contributed by atoms with Crippen LogP contribution in [0.15, 0.2) is 65.8 Å². The summed E-state index contributed by atoms with van der Waals surface area (Å²) < 4.78 is 1.61. The van der Waals surface area contributed by atoms with Gasteiger partial charge in [-0.3, -0.25) is 14.2 Å². The monoisotopic (exact) mass is 498 g/mol.